The van der Waals surface area contributed by atoms with Crippen LogP contribution in [-0.4, -0.2) is 43.1 Å². The van der Waals surface area contributed by atoms with Gasteiger partial charge in [-0.15, -0.1) is 0 Å². The molecule has 1 fully saturated rings. The molecule has 2 unspecified atom stereocenters. The number of thiazole rings is 1. The van der Waals surface area contributed by atoms with E-state index < -0.39 is 15.9 Å². The number of aliphatic hydroxyl groups is 1. The van der Waals surface area contributed by atoms with Crippen LogP contribution in [0.3, 0.4) is 0 Å². The van der Waals surface area contributed by atoms with E-state index in [2.05, 4.69) is 18.8 Å². The summed E-state index contributed by atoms with van der Waals surface area (Å²) in [6.07, 6.45) is 1.84. The van der Waals surface area contributed by atoms with E-state index in [1.807, 2.05) is 11.9 Å². The van der Waals surface area contributed by atoms with Gasteiger partial charge in [0.15, 0.2) is 15.0 Å². The molecule has 2 aliphatic rings. The molecule has 1 aromatic rings. The molecule has 2 heterocycles. The SMILES string of the molecule is CN(c1nc2c(s1)C(O)CC(C)(C)C2)C1CCS(=O)(=O)C1. The quantitative estimate of drug-likeness (QED) is 0.895. The van der Waals surface area contributed by atoms with Crippen LogP contribution in [0.4, 0.5) is 5.13 Å². The van der Waals surface area contributed by atoms with E-state index >= 15 is 0 Å². The predicted octanol–water partition coefficient (Wildman–Crippen LogP) is 1.77. The van der Waals surface area contributed by atoms with E-state index in [0.717, 1.165) is 28.5 Å². The number of aromatic nitrogens is 1. The van der Waals surface area contributed by atoms with Crippen molar-refractivity contribution in [1.29, 1.82) is 0 Å². The Morgan fingerprint density at radius 2 is 2.14 bits per heavy atom. The third-order valence-electron chi connectivity index (χ3n) is 4.47. The largest absolute Gasteiger partial charge is 0.387 e. The van der Waals surface area contributed by atoms with Crippen molar-refractivity contribution >= 4 is 26.3 Å². The van der Waals surface area contributed by atoms with Crippen LogP contribution in [0.5, 0.6) is 0 Å². The smallest absolute Gasteiger partial charge is 0.185 e. The van der Waals surface area contributed by atoms with Crippen molar-refractivity contribution in [3.8, 4) is 0 Å². The van der Waals surface area contributed by atoms with Crippen molar-refractivity contribution in [3.05, 3.63) is 10.6 Å². The molecular weight excluding hydrogens is 308 g/mol. The molecule has 0 radical (unpaired) electrons. The Hall–Kier alpha value is -0.660. The summed E-state index contributed by atoms with van der Waals surface area (Å²) in [5.41, 5.74) is 1.04. The molecule has 0 aromatic carbocycles. The van der Waals surface area contributed by atoms with Crippen LogP contribution in [-0.2, 0) is 16.3 Å². The Kier molecular flexibility index (Phi) is 3.58. The molecule has 1 saturated heterocycles. The van der Waals surface area contributed by atoms with Crippen LogP contribution >= 0.6 is 11.3 Å². The number of nitrogens with zero attached hydrogens (tertiary/aromatic N) is 2. The van der Waals surface area contributed by atoms with E-state index in [-0.39, 0.29) is 23.0 Å². The Balaban J connectivity index is 1.85. The van der Waals surface area contributed by atoms with Gasteiger partial charge < -0.3 is 10.0 Å². The average molecular weight is 330 g/mol. The van der Waals surface area contributed by atoms with Crippen LogP contribution in [0.1, 0.15) is 43.4 Å². The number of fused-ring (bicyclic) bond motifs is 1. The zero-order valence-corrected chi connectivity index (χ0v) is 14.3. The second-order valence-electron chi connectivity index (χ2n) is 7.04. The van der Waals surface area contributed by atoms with Gasteiger partial charge in [-0.05, 0) is 24.7 Å². The minimum atomic E-state index is -2.89. The first-order chi connectivity index (χ1) is 9.67. The van der Waals surface area contributed by atoms with E-state index in [4.69, 9.17) is 0 Å². The highest BCUT2D eigenvalue weighted by Gasteiger charge is 2.36. The number of anilines is 1. The van der Waals surface area contributed by atoms with Crippen LogP contribution in [0.15, 0.2) is 0 Å². The monoisotopic (exact) mass is 330 g/mol. The molecule has 21 heavy (non-hydrogen) atoms. The fourth-order valence-corrected chi connectivity index (χ4v) is 6.14. The van der Waals surface area contributed by atoms with Crippen LogP contribution in [0.25, 0.3) is 0 Å². The highest BCUT2D eigenvalue weighted by Crippen LogP contribution is 2.44. The van der Waals surface area contributed by atoms with Crippen LogP contribution < -0.4 is 4.90 Å². The predicted molar refractivity (Wildman–Crippen MR) is 84.6 cm³/mol. The number of sulfone groups is 1. The van der Waals surface area contributed by atoms with E-state index in [0.29, 0.717) is 6.42 Å². The Morgan fingerprint density at radius 3 is 2.76 bits per heavy atom. The summed E-state index contributed by atoms with van der Waals surface area (Å²) in [5, 5.41) is 11.1. The Labute approximate surface area is 129 Å². The minimum absolute atomic E-state index is 0.00718. The molecule has 2 atom stereocenters. The maximum absolute atomic E-state index is 11.6. The van der Waals surface area contributed by atoms with Crippen molar-refractivity contribution in [2.45, 2.75) is 45.3 Å². The highest BCUT2D eigenvalue weighted by molar-refractivity contribution is 7.91. The summed E-state index contributed by atoms with van der Waals surface area (Å²) in [7, 11) is -0.984. The summed E-state index contributed by atoms with van der Waals surface area (Å²) in [5.74, 6) is 0.477. The van der Waals surface area contributed by atoms with Gasteiger partial charge in [0.2, 0.25) is 0 Å². The summed E-state index contributed by atoms with van der Waals surface area (Å²) in [6.45, 7) is 4.29. The molecular formula is C14H22N2O3S2. The number of rotatable bonds is 2. The second-order valence-corrected chi connectivity index (χ2v) is 10.3. The van der Waals surface area contributed by atoms with Gasteiger partial charge >= 0.3 is 0 Å². The van der Waals surface area contributed by atoms with Gasteiger partial charge in [0.1, 0.15) is 0 Å². The lowest BCUT2D eigenvalue weighted by atomic mass is 9.77. The second kappa shape index (κ2) is 4.93. The lowest BCUT2D eigenvalue weighted by Crippen LogP contribution is -2.32. The molecule has 1 aromatic heterocycles. The molecule has 5 nitrogen and oxygen atoms in total. The van der Waals surface area contributed by atoms with Crippen molar-refractivity contribution in [2.75, 3.05) is 23.5 Å². The topological polar surface area (TPSA) is 70.5 Å². The van der Waals surface area contributed by atoms with Gasteiger partial charge in [0.25, 0.3) is 0 Å². The maximum atomic E-state index is 11.6. The van der Waals surface area contributed by atoms with Crippen molar-refractivity contribution in [1.82, 2.24) is 4.98 Å². The maximum Gasteiger partial charge on any atom is 0.185 e. The number of aliphatic hydroxyl groups excluding tert-OH is 1. The van der Waals surface area contributed by atoms with Crippen molar-refractivity contribution in [2.24, 2.45) is 5.41 Å². The summed E-state index contributed by atoms with van der Waals surface area (Å²) in [6, 6.07) is 0.00718. The summed E-state index contributed by atoms with van der Waals surface area (Å²) < 4.78 is 23.2. The number of hydrogen-bond donors (Lipinski definition) is 1. The van der Waals surface area contributed by atoms with Crippen LogP contribution in [0.2, 0.25) is 0 Å². The first-order valence-electron chi connectivity index (χ1n) is 7.28. The molecule has 118 valence electrons. The summed E-state index contributed by atoms with van der Waals surface area (Å²) in [4.78, 5) is 7.61. The number of hydrogen-bond acceptors (Lipinski definition) is 6. The summed E-state index contributed by atoms with van der Waals surface area (Å²) >= 11 is 1.51. The third kappa shape index (κ3) is 2.96. The average Bonchev–Trinajstić information content (AvgIpc) is 2.90. The molecule has 0 bridgehead atoms. The normalized spacial score (nSPS) is 30.1. The van der Waals surface area contributed by atoms with Gasteiger partial charge in [0, 0.05) is 13.1 Å². The molecule has 1 aliphatic carbocycles. The standard InChI is InChI=1S/C14H22N2O3S2/c1-14(2)6-10-12(11(17)7-14)20-13(15-10)16(3)9-4-5-21(18,19)8-9/h9,11,17H,4-8H2,1-3H3. The molecule has 7 heteroatoms. The van der Waals surface area contributed by atoms with E-state index in [9.17, 15) is 13.5 Å². The van der Waals surface area contributed by atoms with E-state index in [1.54, 1.807) is 0 Å². The van der Waals surface area contributed by atoms with Gasteiger partial charge in [-0.2, -0.15) is 0 Å². The Bertz CT molecular complexity index is 651. The van der Waals surface area contributed by atoms with E-state index in [1.165, 1.54) is 11.3 Å². The lowest BCUT2D eigenvalue weighted by Gasteiger charge is -2.31. The first kappa shape index (κ1) is 15.2. The lowest BCUT2D eigenvalue weighted by molar-refractivity contribution is 0.102. The van der Waals surface area contributed by atoms with Gasteiger partial charge in [-0.25, -0.2) is 13.4 Å². The fourth-order valence-electron chi connectivity index (χ4n) is 3.27. The zero-order chi connectivity index (χ0) is 15.4. The molecule has 0 spiro atoms. The molecule has 3 rings (SSSR count). The van der Waals surface area contributed by atoms with Gasteiger partial charge in [-0.1, -0.05) is 25.2 Å². The molecule has 0 saturated carbocycles. The highest BCUT2D eigenvalue weighted by atomic mass is 32.2. The first-order valence-corrected chi connectivity index (χ1v) is 9.92. The minimum Gasteiger partial charge on any atom is -0.387 e. The van der Waals surface area contributed by atoms with Crippen LogP contribution in [0, 0.1) is 5.41 Å². The Morgan fingerprint density at radius 1 is 1.43 bits per heavy atom. The zero-order valence-electron chi connectivity index (χ0n) is 12.7. The third-order valence-corrected chi connectivity index (χ3v) is 7.51. The van der Waals surface area contributed by atoms with Gasteiger partial charge in [-0.3, -0.25) is 0 Å². The van der Waals surface area contributed by atoms with Gasteiger partial charge in [0.05, 0.1) is 28.2 Å². The fraction of sp³-hybridized carbons (Fsp3) is 0.786. The van der Waals surface area contributed by atoms with Crippen molar-refractivity contribution in [3.63, 3.8) is 0 Å². The molecule has 0 amide bonds. The molecule has 1 N–H and O–H groups in total. The molecule has 1 aliphatic heterocycles. The van der Waals surface area contributed by atoms with Crippen molar-refractivity contribution < 1.29 is 13.5 Å².